The second kappa shape index (κ2) is 9.29. The van der Waals surface area contributed by atoms with E-state index < -0.39 is 28.5 Å². The number of benzene rings is 2. The van der Waals surface area contributed by atoms with Gasteiger partial charge in [-0.1, -0.05) is 37.3 Å². The van der Waals surface area contributed by atoms with Gasteiger partial charge in [-0.3, -0.25) is 4.79 Å². The highest BCUT2D eigenvalue weighted by molar-refractivity contribution is 7.89. The Labute approximate surface area is 158 Å². The molecule has 0 aromatic heterocycles. The molecule has 8 heteroatoms. The maximum atomic E-state index is 12.0. The first-order valence-corrected chi connectivity index (χ1v) is 9.93. The highest BCUT2D eigenvalue weighted by Crippen LogP contribution is 2.12. The van der Waals surface area contributed by atoms with Crippen LogP contribution in [0.15, 0.2) is 59.5 Å². The van der Waals surface area contributed by atoms with E-state index in [-0.39, 0.29) is 23.0 Å². The molecule has 2 aromatic carbocycles. The smallest absolute Gasteiger partial charge is 0.338 e. The molecule has 7 nitrogen and oxygen atoms in total. The quantitative estimate of drug-likeness (QED) is 0.672. The minimum absolute atomic E-state index is 0.0512. The SMILES string of the molecule is CCNS(=O)(=O)c1ccc(C(=O)OCC(=O)N[C@@H](C)c2ccccc2)cc1. The van der Waals surface area contributed by atoms with Gasteiger partial charge in [-0.15, -0.1) is 0 Å². The zero-order valence-electron chi connectivity index (χ0n) is 15.1. The molecule has 0 aliphatic carbocycles. The number of rotatable bonds is 8. The number of esters is 1. The van der Waals surface area contributed by atoms with Gasteiger partial charge in [0.1, 0.15) is 0 Å². The first kappa shape index (κ1) is 20.6. The minimum Gasteiger partial charge on any atom is -0.452 e. The average Bonchev–Trinajstić information content (AvgIpc) is 2.67. The fourth-order valence-electron chi connectivity index (χ4n) is 2.37. The number of ether oxygens (including phenoxy) is 1. The summed E-state index contributed by atoms with van der Waals surface area (Å²) in [6, 6.07) is 14.5. The highest BCUT2D eigenvalue weighted by Gasteiger charge is 2.16. The van der Waals surface area contributed by atoms with Crippen LogP contribution in [0.2, 0.25) is 0 Å². The van der Waals surface area contributed by atoms with Crippen LogP contribution < -0.4 is 10.0 Å². The number of carbonyl (C=O) groups is 2. The predicted octanol–water partition coefficient (Wildman–Crippen LogP) is 2.02. The Morgan fingerprint density at radius 1 is 1.04 bits per heavy atom. The van der Waals surface area contributed by atoms with Crippen molar-refractivity contribution in [2.45, 2.75) is 24.8 Å². The third kappa shape index (κ3) is 5.90. The summed E-state index contributed by atoms with van der Waals surface area (Å²) in [6.07, 6.45) is 0. The van der Waals surface area contributed by atoms with Crippen molar-refractivity contribution in [3.63, 3.8) is 0 Å². The molecule has 0 bridgehead atoms. The summed E-state index contributed by atoms with van der Waals surface area (Å²) in [4.78, 5) is 24.0. The lowest BCUT2D eigenvalue weighted by Crippen LogP contribution is -2.31. The predicted molar refractivity (Wildman–Crippen MR) is 101 cm³/mol. The lowest BCUT2D eigenvalue weighted by molar-refractivity contribution is -0.124. The summed E-state index contributed by atoms with van der Waals surface area (Å²) in [5, 5.41) is 2.74. The van der Waals surface area contributed by atoms with E-state index in [4.69, 9.17) is 4.74 Å². The lowest BCUT2D eigenvalue weighted by Gasteiger charge is -2.14. The van der Waals surface area contributed by atoms with Crippen LogP contribution in [0, 0.1) is 0 Å². The molecule has 0 unspecified atom stereocenters. The number of amides is 1. The van der Waals surface area contributed by atoms with E-state index in [1.807, 2.05) is 37.3 Å². The van der Waals surface area contributed by atoms with Gasteiger partial charge in [-0.25, -0.2) is 17.9 Å². The average molecular weight is 390 g/mol. The van der Waals surface area contributed by atoms with Crippen LogP contribution in [0.1, 0.15) is 35.8 Å². The molecule has 0 spiro atoms. The van der Waals surface area contributed by atoms with Gasteiger partial charge < -0.3 is 10.1 Å². The molecule has 1 amide bonds. The van der Waals surface area contributed by atoms with Crippen LogP contribution in [0.3, 0.4) is 0 Å². The number of carbonyl (C=O) groups excluding carboxylic acids is 2. The second-order valence-corrected chi connectivity index (χ2v) is 7.57. The van der Waals surface area contributed by atoms with Crippen LogP contribution >= 0.6 is 0 Å². The number of sulfonamides is 1. The minimum atomic E-state index is -3.58. The molecule has 2 rings (SSSR count). The van der Waals surface area contributed by atoms with Gasteiger partial charge in [0, 0.05) is 6.54 Å². The van der Waals surface area contributed by atoms with Crippen molar-refractivity contribution >= 4 is 21.9 Å². The topological polar surface area (TPSA) is 102 Å². The third-order valence-electron chi connectivity index (χ3n) is 3.75. The molecule has 0 aliphatic heterocycles. The highest BCUT2D eigenvalue weighted by atomic mass is 32.2. The van der Waals surface area contributed by atoms with E-state index in [1.165, 1.54) is 24.3 Å². The van der Waals surface area contributed by atoms with Crippen molar-refractivity contribution in [1.82, 2.24) is 10.0 Å². The van der Waals surface area contributed by atoms with E-state index in [0.29, 0.717) is 0 Å². The Morgan fingerprint density at radius 2 is 1.67 bits per heavy atom. The molecule has 0 aliphatic rings. The van der Waals surface area contributed by atoms with Gasteiger partial charge in [0.2, 0.25) is 10.0 Å². The van der Waals surface area contributed by atoms with Crippen LogP contribution in [-0.2, 0) is 19.6 Å². The fraction of sp³-hybridized carbons (Fsp3) is 0.263. The van der Waals surface area contributed by atoms with Gasteiger partial charge in [0.05, 0.1) is 16.5 Å². The molecule has 2 aromatic rings. The van der Waals surface area contributed by atoms with E-state index in [0.717, 1.165) is 5.56 Å². The van der Waals surface area contributed by atoms with Crippen molar-refractivity contribution in [2.24, 2.45) is 0 Å². The van der Waals surface area contributed by atoms with Crippen LogP contribution in [0.4, 0.5) is 0 Å². The normalized spacial score (nSPS) is 12.2. The van der Waals surface area contributed by atoms with Crippen molar-refractivity contribution in [3.05, 3.63) is 65.7 Å². The molecule has 0 saturated heterocycles. The van der Waals surface area contributed by atoms with E-state index in [1.54, 1.807) is 6.92 Å². The molecule has 27 heavy (non-hydrogen) atoms. The summed E-state index contributed by atoms with van der Waals surface area (Å²) in [6.45, 7) is 3.35. The van der Waals surface area contributed by atoms with Gasteiger partial charge in [0.25, 0.3) is 5.91 Å². The maximum Gasteiger partial charge on any atom is 0.338 e. The first-order chi connectivity index (χ1) is 12.8. The van der Waals surface area contributed by atoms with Crippen LogP contribution in [0.25, 0.3) is 0 Å². The summed E-state index contributed by atoms with van der Waals surface area (Å²) in [7, 11) is -3.58. The van der Waals surface area contributed by atoms with Crippen LogP contribution in [0.5, 0.6) is 0 Å². The number of hydrogen-bond donors (Lipinski definition) is 2. The molecule has 0 radical (unpaired) electrons. The molecule has 0 heterocycles. The standard InChI is InChI=1S/C19H22N2O5S/c1-3-20-27(24,25)17-11-9-16(10-12-17)19(23)26-13-18(22)21-14(2)15-7-5-4-6-8-15/h4-12,14,20H,3,13H2,1-2H3,(H,21,22)/t14-/m0/s1. The van der Waals surface area contributed by atoms with Crippen molar-refractivity contribution in [2.75, 3.05) is 13.2 Å². The Kier molecular flexibility index (Phi) is 7.09. The van der Waals surface area contributed by atoms with Gasteiger partial charge >= 0.3 is 5.97 Å². The first-order valence-electron chi connectivity index (χ1n) is 8.44. The van der Waals surface area contributed by atoms with E-state index in [9.17, 15) is 18.0 Å². The van der Waals surface area contributed by atoms with Gasteiger partial charge in [-0.2, -0.15) is 0 Å². The maximum absolute atomic E-state index is 12.0. The van der Waals surface area contributed by atoms with E-state index >= 15 is 0 Å². The monoisotopic (exact) mass is 390 g/mol. The van der Waals surface area contributed by atoms with Crippen molar-refractivity contribution < 1.29 is 22.7 Å². The number of hydrogen-bond acceptors (Lipinski definition) is 5. The Hall–Kier alpha value is -2.71. The van der Waals surface area contributed by atoms with Crippen LogP contribution in [-0.4, -0.2) is 33.4 Å². The molecular formula is C19H22N2O5S. The summed E-state index contributed by atoms with van der Waals surface area (Å²) >= 11 is 0. The molecule has 0 saturated carbocycles. The Balaban J connectivity index is 1.89. The largest absolute Gasteiger partial charge is 0.452 e. The molecule has 144 valence electrons. The van der Waals surface area contributed by atoms with Gasteiger partial charge in [-0.05, 0) is 36.8 Å². The molecule has 1 atom stereocenters. The zero-order valence-corrected chi connectivity index (χ0v) is 16.0. The van der Waals surface area contributed by atoms with Gasteiger partial charge in [0.15, 0.2) is 6.61 Å². The summed E-state index contributed by atoms with van der Waals surface area (Å²) in [5.74, 6) is -1.13. The Morgan fingerprint density at radius 3 is 2.26 bits per heavy atom. The number of nitrogens with one attached hydrogen (secondary N) is 2. The summed E-state index contributed by atoms with van der Waals surface area (Å²) < 4.78 is 31.1. The fourth-order valence-corrected chi connectivity index (χ4v) is 3.41. The van der Waals surface area contributed by atoms with E-state index in [2.05, 4.69) is 10.0 Å². The molecular weight excluding hydrogens is 368 g/mol. The third-order valence-corrected chi connectivity index (χ3v) is 5.31. The van der Waals surface area contributed by atoms with Crippen molar-refractivity contribution in [1.29, 1.82) is 0 Å². The second-order valence-electron chi connectivity index (χ2n) is 5.80. The van der Waals surface area contributed by atoms with Crippen molar-refractivity contribution in [3.8, 4) is 0 Å². The lowest BCUT2D eigenvalue weighted by atomic mass is 10.1. The zero-order chi connectivity index (χ0) is 19.9. The Bertz CT molecular complexity index is 880. The molecule has 0 fully saturated rings. The summed E-state index contributed by atoms with van der Waals surface area (Å²) in [5.41, 5.74) is 1.10. The molecule has 2 N–H and O–H groups in total.